The first-order valence-electron chi connectivity index (χ1n) is 8.88. The molecule has 0 aliphatic carbocycles. The van der Waals surface area contributed by atoms with E-state index in [0.717, 1.165) is 29.9 Å². The largest absolute Gasteiger partial charge is 0.302 e. The molecule has 0 aliphatic rings. The van der Waals surface area contributed by atoms with E-state index in [0.29, 0.717) is 27.3 Å². The number of nitrogens with zero attached hydrogens (tertiary/aromatic N) is 3. The van der Waals surface area contributed by atoms with Crippen LogP contribution in [0.3, 0.4) is 0 Å². The number of rotatable bonds is 7. The van der Waals surface area contributed by atoms with E-state index in [-0.39, 0.29) is 18.3 Å². The number of thiazole rings is 1. The fraction of sp³-hybridized carbons (Fsp3) is 0.300. The molecule has 150 valence electrons. The number of carbonyl (C=O) groups excluding carboxylic acids is 1. The number of anilines is 1. The van der Waals surface area contributed by atoms with Gasteiger partial charge in [0.05, 0.1) is 9.72 Å². The Kier molecular flexibility index (Phi) is 8.53. The highest BCUT2D eigenvalue weighted by molar-refractivity contribution is 7.22. The van der Waals surface area contributed by atoms with E-state index in [1.54, 1.807) is 29.2 Å². The Balaban J connectivity index is 0.00000280. The lowest BCUT2D eigenvalue weighted by Gasteiger charge is -2.24. The highest BCUT2D eigenvalue weighted by atomic mass is 35.5. The summed E-state index contributed by atoms with van der Waals surface area (Å²) in [4.78, 5) is 21.9. The predicted octanol–water partition coefficient (Wildman–Crippen LogP) is 6.01. The molecule has 0 fully saturated rings. The number of hydrogen-bond donors (Lipinski definition) is 0. The summed E-state index contributed by atoms with van der Waals surface area (Å²) in [6.45, 7) is 7.41. The standard InChI is InChI=1S/C20H21Cl2N3OS.ClH/c1-3-24(4-2)11-12-25(19(26)14-7-5-8-15(21)13-14)20-23-18-16(22)9-6-10-17(18)27-20;/h5-10,13H,3-4,11-12H2,1-2H3;1H. The molecule has 1 amide bonds. The maximum atomic E-state index is 13.2. The Labute approximate surface area is 185 Å². The van der Waals surface area contributed by atoms with Crippen molar-refractivity contribution >= 4 is 68.2 Å². The van der Waals surface area contributed by atoms with Crippen molar-refractivity contribution in [3.63, 3.8) is 0 Å². The Bertz CT molecular complexity index is 943. The van der Waals surface area contributed by atoms with Gasteiger partial charge in [0.2, 0.25) is 0 Å². The number of halogens is 3. The highest BCUT2D eigenvalue weighted by Crippen LogP contribution is 2.33. The zero-order valence-electron chi connectivity index (χ0n) is 15.7. The van der Waals surface area contributed by atoms with Crippen molar-refractivity contribution in [2.45, 2.75) is 13.8 Å². The summed E-state index contributed by atoms with van der Waals surface area (Å²) in [5.74, 6) is -0.111. The summed E-state index contributed by atoms with van der Waals surface area (Å²) >= 11 is 13.8. The van der Waals surface area contributed by atoms with Crippen LogP contribution < -0.4 is 4.90 Å². The van der Waals surface area contributed by atoms with Crippen molar-refractivity contribution in [2.75, 3.05) is 31.1 Å². The van der Waals surface area contributed by atoms with Gasteiger partial charge < -0.3 is 4.90 Å². The van der Waals surface area contributed by atoms with Crippen LogP contribution in [0.4, 0.5) is 5.13 Å². The number of para-hydroxylation sites is 1. The minimum absolute atomic E-state index is 0. The molecular weight excluding hydrogens is 437 g/mol. The van der Waals surface area contributed by atoms with Crippen molar-refractivity contribution in [3.05, 3.63) is 58.1 Å². The number of fused-ring (bicyclic) bond motifs is 1. The predicted molar refractivity (Wildman–Crippen MR) is 123 cm³/mol. The van der Waals surface area contributed by atoms with Crippen LogP contribution in [0, 0.1) is 0 Å². The van der Waals surface area contributed by atoms with Crippen molar-refractivity contribution in [3.8, 4) is 0 Å². The van der Waals surface area contributed by atoms with Gasteiger partial charge in [-0.1, -0.05) is 60.5 Å². The minimum atomic E-state index is -0.111. The minimum Gasteiger partial charge on any atom is -0.302 e. The van der Waals surface area contributed by atoms with Crippen LogP contribution in [0.15, 0.2) is 42.5 Å². The topological polar surface area (TPSA) is 36.4 Å². The van der Waals surface area contributed by atoms with Crippen LogP contribution >= 0.6 is 46.9 Å². The Morgan fingerprint density at radius 1 is 1.07 bits per heavy atom. The molecule has 0 spiro atoms. The molecule has 1 aromatic heterocycles. The molecule has 0 saturated carbocycles. The van der Waals surface area contributed by atoms with E-state index < -0.39 is 0 Å². The third-order valence-corrected chi connectivity index (χ3v) is 6.02. The molecule has 2 aromatic carbocycles. The fourth-order valence-electron chi connectivity index (χ4n) is 2.86. The van der Waals surface area contributed by atoms with Crippen molar-refractivity contribution in [2.24, 2.45) is 0 Å². The van der Waals surface area contributed by atoms with Gasteiger partial charge in [-0.2, -0.15) is 0 Å². The van der Waals surface area contributed by atoms with Gasteiger partial charge in [0, 0.05) is 23.7 Å². The van der Waals surface area contributed by atoms with Crippen molar-refractivity contribution in [1.29, 1.82) is 0 Å². The summed E-state index contributed by atoms with van der Waals surface area (Å²) in [5, 5.41) is 1.78. The molecule has 0 bridgehead atoms. The summed E-state index contributed by atoms with van der Waals surface area (Å²) in [7, 11) is 0. The summed E-state index contributed by atoms with van der Waals surface area (Å²) in [5.41, 5.74) is 1.28. The Morgan fingerprint density at radius 2 is 1.79 bits per heavy atom. The Morgan fingerprint density at radius 3 is 2.43 bits per heavy atom. The zero-order chi connectivity index (χ0) is 19.4. The number of hydrogen-bond acceptors (Lipinski definition) is 4. The molecule has 8 heteroatoms. The van der Waals surface area contributed by atoms with E-state index in [4.69, 9.17) is 23.2 Å². The second kappa shape index (κ2) is 10.4. The van der Waals surface area contributed by atoms with E-state index in [9.17, 15) is 4.79 Å². The number of aromatic nitrogens is 1. The molecule has 0 radical (unpaired) electrons. The van der Waals surface area contributed by atoms with E-state index >= 15 is 0 Å². The van der Waals surface area contributed by atoms with Gasteiger partial charge in [-0.05, 0) is 43.4 Å². The SMILES string of the molecule is CCN(CC)CCN(C(=O)c1cccc(Cl)c1)c1nc2c(Cl)cccc2s1.Cl. The average molecular weight is 459 g/mol. The average Bonchev–Trinajstić information content (AvgIpc) is 3.10. The Hall–Kier alpha value is -1.37. The van der Waals surface area contributed by atoms with Crippen LogP contribution in [0.1, 0.15) is 24.2 Å². The van der Waals surface area contributed by atoms with Crippen molar-refractivity contribution < 1.29 is 4.79 Å². The smallest absolute Gasteiger partial charge is 0.260 e. The molecule has 3 aromatic rings. The lowest BCUT2D eigenvalue weighted by atomic mass is 10.2. The first kappa shape index (κ1) is 22.9. The second-order valence-corrected chi connectivity index (χ2v) is 7.93. The van der Waals surface area contributed by atoms with Crippen LogP contribution in [-0.4, -0.2) is 42.0 Å². The van der Waals surface area contributed by atoms with E-state index in [2.05, 4.69) is 23.7 Å². The number of likely N-dealkylation sites (N-methyl/N-ethyl adjacent to an activating group) is 1. The second-order valence-electron chi connectivity index (χ2n) is 6.08. The fourth-order valence-corrected chi connectivity index (χ4v) is 4.34. The van der Waals surface area contributed by atoms with Crippen LogP contribution in [0.2, 0.25) is 10.0 Å². The van der Waals surface area contributed by atoms with Gasteiger partial charge in [0.25, 0.3) is 5.91 Å². The molecule has 0 saturated heterocycles. The lowest BCUT2D eigenvalue weighted by Crippen LogP contribution is -2.38. The van der Waals surface area contributed by atoms with Gasteiger partial charge in [-0.25, -0.2) is 4.98 Å². The van der Waals surface area contributed by atoms with Gasteiger partial charge >= 0.3 is 0 Å². The third kappa shape index (κ3) is 5.16. The highest BCUT2D eigenvalue weighted by Gasteiger charge is 2.22. The maximum absolute atomic E-state index is 13.2. The zero-order valence-corrected chi connectivity index (χ0v) is 18.8. The molecule has 4 nitrogen and oxygen atoms in total. The van der Waals surface area contributed by atoms with Gasteiger partial charge in [-0.15, -0.1) is 12.4 Å². The van der Waals surface area contributed by atoms with Gasteiger partial charge in [-0.3, -0.25) is 9.69 Å². The molecule has 3 rings (SSSR count). The maximum Gasteiger partial charge on any atom is 0.260 e. The summed E-state index contributed by atoms with van der Waals surface area (Å²) in [6.07, 6.45) is 0. The molecular formula is C20H22Cl3N3OS. The normalized spacial score (nSPS) is 10.9. The van der Waals surface area contributed by atoms with E-state index in [1.165, 1.54) is 11.3 Å². The molecule has 0 unspecified atom stereocenters. The molecule has 1 heterocycles. The third-order valence-electron chi connectivity index (χ3n) is 4.44. The lowest BCUT2D eigenvalue weighted by molar-refractivity contribution is 0.0984. The monoisotopic (exact) mass is 457 g/mol. The molecule has 0 N–H and O–H groups in total. The van der Waals surface area contributed by atoms with Crippen molar-refractivity contribution in [1.82, 2.24) is 9.88 Å². The molecule has 28 heavy (non-hydrogen) atoms. The van der Waals surface area contributed by atoms with Crippen LogP contribution in [-0.2, 0) is 0 Å². The van der Waals surface area contributed by atoms with E-state index in [1.807, 2.05) is 18.2 Å². The number of benzene rings is 2. The summed E-state index contributed by atoms with van der Waals surface area (Å²) in [6, 6.07) is 12.7. The molecule has 0 atom stereocenters. The first-order valence-corrected chi connectivity index (χ1v) is 10.5. The van der Waals surface area contributed by atoms with Crippen LogP contribution in [0.25, 0.3) is 10.2 Å². The van der Waals surface area contributed by atoms with Crippen LogP contribution in [0.5, 0.6) is 0 Å². The summed E-state index contributed by atoms with van der Waals surface area (Å²) < 4.78 is 0.962. The quantitative estimate of drug-likeness (QED) is 0.435. The number of carbonyl (C=O) groups is 1. The first-order chi connectivity index (χ1) is 13.0. The van der Waals surface area contributed by atoms with Gasteiger partial charge in [0.15, 0.2) is 5.13 Å². The number of amides is 1. The van der Waals surface area contributed by atoms with Gasteiger partial charge in [0.1, 0.15) is 5.52 Å². The molecule has 0 aliphatic heterocycles.